The zero-order chi connectivity index (χ0) is 14.4. The van der Waals surface area contributed by atoms with Crippen molar-refractivity contribution in [2.75, 3.05) is 0 Å². The smallest absolute Gasteiger partial charge is 0.153 e. The predicted octanol–water partition coefficient (Wildman–Crippen LogP) is 4.60. The van der Waals surface area contributed by atoms with Crippen molar-refractivity contribution in [3.8, 4) is 16.9 Å². The molecule has 0 saturated carbocycles. The maximum Gasteiger partial charge on any atom is 0.153 e. The lowest BCUT2D eigenvalue weighted by molar-refractivity contribution is 0.112. The van der Waals surface area contributed by atoms with E-state index in [4.69, 9.17) is 0 Å². The lowest BCUT2D eigenvalue weighted by atomic mass is 10.00. The highest BCUT2D eigenvalue weighted by atomic mass is 16.3. The van der Waals surface area contributed by atoms with Gasteiger partial charge in [-0.3, -0.25) is 4.79 Å². The number of aryl methyl sites for hydroxylation is 1. The minimum absolute atomic E-state index is 0.0277. The third-order valence-corrected chi connectivity index (χ3v) is 3.51. The summed E-state index contributed by atoms with van der Waals surface area (Å²) >= 11 is 0. The fourth-order valence-electron chi connectivity index (χ4n) is 2.27. The summed E-state index contributed by atoms with van der Waals surface area (Å²) in [5.74, 6) is 0.0277. The number of hydrogen-bond donors (Lipinski definition) is 1. The first-order chi connectivity index (χ1) is 9.74. The molecular weight excluding hydrogens is 248 g/mol. The number of aromatic hydroxyl groups is 1. The summed E-state index contributed by atoms with van der Waals surface area (Å²) in [5.41, 5.74) is 3.68. The normalized spacial score (nSPS) is 10.4. The number of phenols is 1. The number of unbranched alkanes of at least 4 members (excludes halogenated alkanes) is 2. The van der Waals surface area contributed by atoms with Crippen LogP contribution in [0.3, 0.4) is 0 Å². The molecule has 20 heavy (non-hydrogen) atoms. The molecule has 0 aromatic heterocycles. The standard InChI is InChI=1S/C18H20O2/c1-2-3-4-5-14-6-8-15(9-7-14)16-10-11-18(20)17(12-16)13-19/h6-13,20H,2-5H2,1H3. The summed E-state index contributed by atoms with van der Waals surface area (Å²) in [5, 5.41) is 9.52. The number of carbonyl (C=O) groups is 1. The molecule has 0 unspecified atom stereocenters. The molecule has 2 aromatic carbocycles. The van der Waals surface area contributed by atoms with E-state index in [0.717, 1.165) is 17.5 Å². The quantitative estimate of drug-likeness (QED) is 0.614. The monoisotopic (exact) mass is 268 g/mol. The van der Waals surface area contributed by atoms with E-state index >= 15 is 0 Å². The van der Waals surface area contributed by atoms with Gasteiger partial charge in [-0.1, -0.05) is 50.1 Å². The molecule has 0 atom stereocenters. The van der Waals surface area contributed by atoms with Crippen LogP contribution in [0.1, 0.15) is 42.1 Å². The number of benzene rings is 2. The molecule has 0 fully saturated rings. The van der Waals surface area contributed by atoms with Gasteiger partial charge in [-0.15, -0.1) is 0 Å². The van der Waals surface area contributed by atoms with Gasteiger partial charge < -0.3 is 5.11 Å². The molecule has 2 rings (SSSR count). The predicted molar refractivity (Wildman–Crippen MR) is 82.2 cm³/mol. The van der Waals surface area contributed by atoms with Crippen LogP contribution in [-0.2, 0) is 6.42 Å². The van der Waals surface area contributed by atoms with E-state index in [-0.39, 0.29) is 5.75 Å². The number of carbonyl (C=O) groups excluding carboxylic acids is 1. The largest absolute Gasteiger partial charge is 0.507 e. The zero-order valence-electron chi connectivity index (χ0n) is 11.8. The van der Waals surface area contributed by atoms with Gasteiger partial charge in [-0.2, -0.15) is 0 Å². The number of aldehydes is 1. The van der Waals surface area contributed by atoms with Gasteiger partial charge >= 0.3 is 0 Å². The molecular formula is C18H20O2. The van der Waals surface area contributed by atoms with Crippen molar-refractivity contribution in [1.82, 2.24) is 0 Å². The van der Waals surface area contributed by atoms with Gasteiger partial charge in [0, 0.05) is 0 Å². The molecule has 2 aromatic rings. The Kier molecular flexibility index (Phi) is 4.94. The molecule has 0 saturated heterocycles. The van der Waals surface area contributed by atoms with Crippen molar-refractivity contribution in [2.45, 2.75) is 32.6 Å². The number of hydrogen-bond acceptors (Lipinski definition) is 2. The van der Waals surface area contributed by atoms with E-state index in [1.54, 1.807) is 12.1 Å². The fraction of sp³-hybridized carbons (Fsp3) is 0.278. The van der Waals surface area contributed by atoms with E-state index in [0.29, 0.717) is 11.8 Å². The van der Waals surface area contributed by atoms with Crippen LogP contribution in [0.5, 0.6) is 5.75 Å². The van der Waals surface area contributed by atoms with Gasteiger partial charge in [0.1, 0.15) is 5.75 Å². The van der Waals surface area contributed by atoms with Crippen molar-refractivity contribution in [1.29, 1.82) is 0 Å². The van der Waals surface area contributed by atoms with Gasteiger partial charge in [0.2, 0.25) is 0 Å². The zero-order valence-corrected chi connectivity index (χ0v) is 11.8. The molecule has 2 heteroatoms. The van der Waals surface area contributed by atoms with Crippen molar-refractivity contribution in [3.05, 3.63) is 53.6 Å². The van der Waals surface area contributed by atoms with Crippen molar-refractivity contribution >= 4 is 6.29 Å². The highest BCUT2D eigenvalue weighted by molar-refractivity contribution is 5.82. The highest BCUT2D eigenvalue weighted by Gasteiger charge is 2.04. The summed E-state index contributed by atoms with van der Waals surface area (Å²) in [6.07, 6.45) is 5.52. The molecule has 0 aliphatic heterocycles. The number of rotatable bonds is 6. The van der Waals surface area contributed by atoms with E-state index in [2.05, 4.69) is 31.2 Å². The second-order valence-corrected chi connectivity index (χ2v) is 5.05. The van der Waals surface area contributed by atoms with E-state index in [1.165, 1.54) is 24.8 Å². The molecule has 0 heterocycles. The second-order valence-electron chi connectivity index (χ2n) is 5.05. The van der Waals surface area contributed by atoms with E-state index in [1.807, 2.05) is 6.07 Å². The van der Waals surface area contributed by atoms with Crippen LogP contribution in [0.25, 0.3) is 11.1 Å². The average molecular weight is 268 g/mol. The summed E-state index contributed by atoms with van der Waals surface area (Å²) in [7, 11) is 0. The highest BCUT2D eigenvalue weighted by Crippen LogP contribution is 2.25. The Balaban J connectivity index is 2.15. The lowest BCUT2D eigenvalue weighted by Gasteiger charge is -2.06. The van der Waals surface area contributed by atoms with Gasteiger partial charge in [-0.25, -0.2) is 0 Å². The van der Waals surface area contributed by atoms with Crippen molar-refractivity contribution in [2.24, 2.45) is 0 Å². The molecule has 0 bridgehead atoms. The SMILES string of the molecule is CCCCCc1ccc(-c2ccc(O)c(C=O)c2)cc1. The molecule has 0 amide bonds. The second kappa shape index (κ2) is 6.90. The minimum atomic E-state index is 0.0277. The Hall–Kier alpha value is -2.09. The van der Waals surface area contributed by atoms with Crippen LogP contribution in [0.4, 0.5) is 0 Å². The van der Waals surface area contributed by atoms with Crippen molar-refractivity contribution in [3.63, 3.8) is 0 Å². The van der Waals surface area contributed by atoms with E-state index < -0.39 is 0 Å². The summed E-state index contributed by atoms with van der Waals surface area (Å²) in [6, 6.07) is 13.5. The first kappa shape index (κ1) is 14.3. The maximum absolute atomic E-state index is 10.9. The molecule has 104 valence electrons. The average Bonchev–Trinajstić information content (AvgIpc) is 2.49. The first-order valence-corrected chi connectivity index (χ1v) is 7.12. The van der Waals surface area contributed by atoms with Crippen LogP contribution >= 0.6 is 0 Å². The Morgan fingerprint density at radius 3 is 2.35 bits per heavy atom. The summed E-state index contributed by atoms with van der Waals surface area (Å²) in [6.45, 7) is 2.21. The molecule has 2 nitrogen and oxygen atoms in total. The topological polar surface area (TPSA) is 37.3 Å². The number of phenolic OH excluding ortho intramolecular Hbond substituents is 1. The molecule has 0 radical (unpaired) electrons. The Labute approximate surface area is 120 Å². The third-order valence-electron chi connectivity index (χ3n) is 3.51. The molecule has 0 aliphatic carbocycles. The molecule has 1 N–H and O–H groups in total. The summed E-state index contributed by atoms with van der Waals surface area (Å²) in [4.78, 5) is 10.9. The maximum atomic E-state index is 10.9. The Bertz CT molecular complexity index is 570. The first-order valence-electron chi connectivity index (χ1n) is 7.12. The minimum Gasteiger partial charge on any atom is -0.507 e. The van der Waals surface area contributed by atoms with Gasteiger partial charge in [-0.05, 0) is 41.7 Å². The summed E-state index contributed by atoms with van der Waals surface area (Å²) < 4.78 is 0. The lowest BCUT2D eigenvalue weighted by Crippen LogP contribution is -1.87. The van der Waals surface area contributed by atoms with Crippen LogP contribution < -0.4 is 0 Å². The van der Waals surface area contributed by atoms with Crippen LogP contribution in [-0.4, -0.2) is 11.4 Å². The fourth-order valence-corrected chi connectivity index (χ4v) is 2.27. The molecule has 0 aliphatic rings. The van der Waals surface area contributed by atoms with Crippen LogP contribution in [0.2, 0.25) is 0 Å². The molecule has 0 spiro atoms. The Morgan fingerprint density at radius 1 is 1.00 bits per heavy atom. The van der Waals surface area contributed by atoms with Gasteiger partial charge in [0.25, 0.3) is 0 Å². The van der Waals surface area contributed by atoms with Gasteiger partial charge in [0.15, 0.2) is 6.29 Å². The van der Waals surface area contributed by atoms with Gasteiger partial charge in [0.05, 0.1) is 5.56 Å². The van der Waals surface area contributed by atoms with Crippen LogP contribution in [0.15, 0.2) is 42.5 Å². The van der Waals surface area contributed by atoms with Crippen molar-refractivity contribution < 1.29 is 9.90 Å². The third kappa shape index (κ3) is 3.47. The Morgan fingerprint density at radius 2 is 1.70 bits per heavy atom. The van der Waals surface area contributed by atoms with E-state index in [9.17, 15) is 9.90 Å². The van der Waals surface area contributed by atoms with Crippen LogP contribution in [0, 0.1) is 0 Å².